The molecule has 0 heterocycles. The second kappa shape index (κ2) is 10.8. The van der Waals surface area contributed by atoms with Crippen molar-refractivity contribution in [3.63, 3.8) is 0 Å². The lowest BCUT2D eigenvalue weighted by atomic mass is 10.3. The van der Waals surface area contributed by atoms with Gasteiger partial charge in [0.05, 0.1) is 10.0 Å². The van der Waals surface area contributed by atoms with Crippen LogP contribution in [-0.2, 0) is 9.59 Å². The third kappa shape index (κ3) is 6.32. The van der Waals surface area contributed by atoms with Crippen molar-refractivity contribution >= 4 is 40.7 Å². The molecule has 0 saturated heterocycles. The van der Waals surface area contributed by atoms with E-state index in [9.17, 15) is 9.59 Å². The summed E-state index contributed by atoms with van der Waals surface area (Å²) in [5.41, 5.74) is 0.486. The number of hydrogen-bond acceptors (Lipinski definition) is 4. The van der Waals surface area contributed by atoms with Crippen molar-refractivity contribution < 1.29 is 19.1 Å². The molecular formula is C20H22Cl2N2O4. The number of carbonyl (C=O) groups is 2. The minimum atomic E-state index is -0.360. The number of ether oxygens (including phenoxy) is 2. The number of carbonyl (C=O) groups excluding carboxylic acids is 2. The van der Waals surface area contributed by atoms with Gasteiger partial charge in [0.2, 0.25) is 0 Å². The van der Waals surface area contributed by atoms with E-state index in [0.717, 1.165) is 0 Å². The Labute approximate surface area is 174 Å². The van der Waals surface area contributed by atoms with Crippen molar-refractivity contribution in [2.75, 3.05) is 31.6 Å². The van der Waals surface area contributed by atoms with Crippen molar-refractivity contribution in [1.82, 2.24) is 4.90 Å². The standard InChI is InChI=1S/C20H22Cl2N2O4/c1-3-24(4-2)20(26)13-28-18-10-9-14(11-16(18)22)23-19(25)12-27-17-8-6-5-7-15(17)21/h5-11H,3-4,12-13H2,1-2H3,(H,23,25). The second-order valence-electron chi connectivity index (χ2n) is 5.77. The maximum Gasteiger partial charge on any atom is 0.262 e. The van der Waals surface area contributed by atoms with Gasteiger partial charge < -0.3 is 19.7 Å². The van der Waals surface area contributed by atoms with E-state index < -0.39 is 0 Å². The summed E-state index contributed by atoms with van der Waals surface area (Å²) in [6.45, 7) is 4.75. The van der Waals surface area contributed by atoms with E-state index in [-0.39, 0.29) is 30.1 Å². The van der Waals surface area contributed by atoms with E-state index in [2.05, 4.69) is 5.32 Å². The first-order valence-corrected chi connectivity index (χ1v) is 9.57. The Morgan fingerprint density at radius 1 is 0.929 bits per heavy atom. The molecule has 2 aromatic rings. The van der Waals surface area contributed by atoms with Crippen molar-refractivity contribution in [2.45, 2.75) is 13.8 Å². The lowest BCUT2D eigenvalue weighted by molar-refractivity contribution is -0.133. The highest BCUT2D eigenvalue weighted by Crippen LogP contribution is 2.28. The summed E-state index contributed by atoms with van der Waals surface area (Å²) < 4.78 is 10.9. The third-order valence-corrected chi connectivity index (χ3v) is 4.49. The maximum atomic E-state index is 12.0. The Morgan fingerprint density at radius 3 is 2.21 bits per heavy atom. The van der Waals surface area contributed by atoms with Crippen LogP contribution in [0, 0.1) is 0 Å². The Balaban J connectivity index is 1.88. The number of amides is 2. The predicted octanol–water partition coefficient (Wildman–Crippen LogP) is 4.26. The molecule has 0 spiro atoms. The minimum absolute atomic E-state index is 0.0984. The molecule has 2 amide bonds. The topological polar surface area (TPSA) is 67.9 Å². The Kier molecular flexibility index (Phi) is 8.42. The van der Waals surface area contributed by atoms with Crippen LogP contribution in [0.25, 0.3) is 0 Å². The summed E-state index contributed by atoms with van der Waals surface area (Å²) in [6.07, 6.45) is 0. The molecule has 6 nitrogen and oxygen atoms in total. The van der Waals surface area contributed by atoms with Crippen LogP contribution in [0.1, 0.15) is 13.8 Å². The molecule has 2 aromatic carbocycles. The summed E-state index contributed by atoms with van der Waals surface area (Å²) in [6, 6.07) is 11.7. The molecule has 1 N–H and O–H groups in total. The normalized spacial score (nSPS) is 10.3. The second-order valence-corrected chi connectivity index (χ2v) is 6.58. The van der Waals surface area contributed by atoms with Gasteiger partial charge in [-0.25, -0.2) is 0 Å². The van der Waals surface area contributed by atoms with Gasteiger partial charge >= 0.3 is 0 Å². The molecule has 0 aliphatic rings. The first-order chi connectivity index (χ1) is 13.4. The predicted molar refractivity (Wildman–Crippen MR) is 110 cm³/mol. The van der Waals surface area contributed by atoms with Crippen molar-refractivity contribution in [2.24, 2.45) is 0 Å². The summed E-state index contributed by atoms with van der Waals surface area (Å²) in [5.74, 6) is 0.322. The molecule has 0 fully saturated rings. The fraction of sp³-hybridized carbons (Fsp3) is 0.300. The van der Waals surface area contributed by atoms with Gasteiger partial charge in [0.1, 0.15) is 11.5 Å². The van der Waals surface area contributed by atoms with Crippen LogP contribution >= 0.6 is 23.2 Å². The number of likely N-dealkylation sites (N-methyl/N-ethyl adjacent to an activating group) is 1. The van der Waals surface area contributed by atoms with Crippen LogP contribution in [0.15, 0.2) is 42.5 Å². The van der Waals surface area contributed by atoms with Crippen LogP contribution < -0.4 is 14.8 Å². The molecule has 0 radical (unpaired) electrons. The molecule has 8 heteroatoms. The Bertz CT molecular complexity index is 826. The van der Waals surface area contributed by atoms with Gasteiger partial charge in [-0.2, -0.15) is 0 Å². The minimum Gasteiger partial charge on any atom is -0.482 e. The summed E-state index contributed by atoms with van der Waals surface area (Å²) >= 11 is 12.2. The van der Waals surface area contributed by atoms with Gasteiger partial charge in [-0.05, 0) is 44.2 Å². The van der Waals surface area contributed by atoms with Gasteiger partial charge in [0, 0.05) is 18.8 Å². The molecule has 0 atom stereocenters. The van der Waals surface area contributed by atoms with E-state index >= 15 is 0 Å². The highest BCUT2D eigenvalue weighted by molar-refractivity contribution is 6.32. The monoisotopic (exact) mass is 424 g/mol. The van der Waals surface area contributed by atoms with Gasteiger partial charge in [-0.1, -0.05) is 35.3 Å². The van der Waals surface area contributed by atoms with Gasteiger partial charge in [-0.15, -0.1) is 0 Å². The Morgan fingerprint density at radius 2 is 1.57 bits per heavy atom. The number of nitrogens with one attached hydrogen (secondary N) is 1. The van der Waals surface area contributed by atoms with Crippen molar-refractivity contribution in [3.05, 3.63) is 52.5 Å². The number of benzene rings is 2. The molecule has 0 unspecified atom stereocenters. The molecule has 0 aliphatic heterocycles. The number of rotatable bonds is 9. The lowest BCUT2D eigenvalue weighted by Gasteiger charge is -2.19. The number of para-hydroxylation sites is 1. The largest absolute Gasteiger partial charge is 0.482 e. The lowest BCUT2D eigenvalue weighted by Crippen LogP contribution is -2.34. The van der Waals surface area contributed by atoms with Crippen LogP contribution in [0.5, 0.6) is 11.5 Å². The van der Waals surface area contributed by atoms with E-state index in [4.69, 9.17) is 32.7 Å². The average molecular weight is 425 g/mol. The smallest absolute Gasteiger partial charge is 0.262 e. The van der Waals surface area contributed by atoms with E-state index in [1.165, 1.54) is 0 Å². The highest BCUT2D eigenvalue weighted by Gasteiger charge is 2.12. The van der Waals surface area contributed by atoms with E-state index in [1.54, 1.807) is 47.4 Å². The highest BCUT2D eigenvalue weighted by atomic mass is 35.5. The van der Waals surface area contributed by atoms with E-state index in [1.807, 2.05) is 13.8 Å². The summed E-state index contributed by atoms with van der Waals surface area (Å²) in [5, 5.41) is 3.40. The molecule has 2 rings (SSSR count). The first-order valence-electron chi connectivity index (χ1n) is 8.81. The first kappa shape index (κ1) is 21.9. The fourth-order valence-electron chi connectivity index (χ4n) is 2.40. The van der Waals surface area contributed by atoms with Crippen molar-refractivity contribution in [1.29, 1.82) is 0 Å². The summed E-state index contributed by atoms with van der Waals surface area (Å²) in [7, 11) is 0. The molecule has 28 heavy (non-hydrogen) atoms. The number of halogens is 2. The Hall–Kier alpha value is -2.44. The fourth-order valence-corrected chi connectivity index (χ4v) is 2.83. The molecule has 150 valence electrons. The van der Waals surface area contributed by atoms with Gasteiger partial charge in [0.25, 0.3) is 11.8 Å². The third-order valence-electron chi connectivity index (χ3n) is 3.88. The van der Waals surface area contributed by atoms with Crippen LogP contribution in [-0.4, -0.2) is 43.0 Å². The quantitative estimate of drug-likeness (QED) is 0.652. The SMILES string of the molecule is CCN(CC)C(=O)COc1ccc(NC(=O)COc2ccccc2Cl)cc1Cl. The molecular weight excluding hydrogens is 403 g/mol. The average Bonchev–Trinajstić information content (AvgIpc) is 2.67. The van der Waals surface area contributed by atoms with Gasteiger partial charge in [0.15, 0.2) is 13.2 Å². The molecule has 0 aliphatic carbocycles. The van der Waals surface area contributed by atoms with Gasteiger partial charge in [-0.3, -0.25) is 9.59 Å². The zero-order chi connectivity index (χ0) is 20.5. The summed E-state index contributed by atoms with van der Waals surface area (Å²) in [4.78, 5) is 25.7. The molecule has 0 aromatic heterocycles. The number of anilines is 1. The van der Waals surface area contributed by atoms with Crippen LogP contribution in [0.2, 0.25) is 10.0 Å². The van der Waals surface area contributed by atoms with Crippen LogP contribution in [0.4, 0.5) is 5.69 Å². The molecule has 0 bridgehead atoms. The zero-order valence-corrected chi connectivity index (χ0v) is 17.2. The number of nitrogens with zero attached hydrogens (tertiary/aromatic N) is 1. The molecule has 0 saturated carbocycles. The zero-order valence-electron chi connectivity index (χ0n) is 15.7. The maximum absolute atomic E-state index is 12.0. The van der Waals surface area contributed by atoms with E-state index in [0.29, 0.717) is 35.3 Å². The number of hydrogen-bond donors (Lipinski definition) is 1. The van der Waals surface area contributed by atoms with Crippen molar-refractivity contribution in [3.8, 4) is 11.5 Å². The van der Waals surface area contributed by atoms with Crippen LogP contribution in [0.3, 0.4) is 0 Å².